The second-order valence-corrected chi connectivity index (χ2v) is 5.60. The highest BCUT2D eigenvalue weighted by Crippen LogP contribution is 2.22. The van der Waals surface area contributed by atoms with Gasteiger partial charge in [-0.15, -0.1) is 0 Å². The van der Waals surface area contributed by atoms with Crippen LogP contribution in [0, 0.1) is 4.77 Å². The summed E-state index contributed by atoms with van der Waals surface area (Å²) in [6.07, 6.45) is 4.57. The van der Waals surface area contributed by atoms with Gasteiger partial charge in [0.15, 0.2) is 4.77 Å². The highest BCUT2D eigenvalue weighted by atomic mass is 32.1. The first-order chi connectivity index (χ1) is 7.98. The molecule has 2 rings (SSSR count). The Kier molecular flexibility index (Phi) is 3.24. The molecule has 0 bridgehead atoms. The van der Waals surface area contributed by atoms with E-state index in [1.165, 1.54) is 5.69 Å². The van der Waals surface area contributed by atoms with Crippen LogP contribution in [0.4, 0.5) is 0 Å². The van der Waals surface area contributed by atoms with E-state index in [0.717, 1.165) is 23.5 Å². The summed E-state index contributed by atoms with van der Waals surface area (Å²) in [6, 6.07) is 3.91. The van der Waals surface area contributed by atoms with Gasteiger partial charge in [0, 0.05) is 30.3 Å². The highest BCUT2D eigenvalue weighted by molar-refractivity contribution is 7.71. The number of hydrogen-bond donors (Lipinski definition) is 1. The Balaban J connectivity index is 2.21. The lowest BCUT2D eigenvalue weighted by atomic mass is 9.92. The van der Waals surface area contributed by atoms with E-state index in [0.29, 0.717) is 0 Å². The maximum absolute atomic E-state index is 5.34. The lowest BCUT2D eigenvalue weighted by Crippen LogP contribution is -2.18. The van der Waals surface area contributed by atoms with Gasteiger partial charge in [-0.1, -0.05) is 20.8 Å². The van der Waals surface area contributed by atoms with Gasteiger partial charge in [-0.25, -0.2) is 0 Å². The second kappa shape index (κ2) is 4.53. The first kappa shape index (κ1) is 12.2. The number of rotatable bonds is 3. The predicted octanol–water partition coefficient (Wildman–Crippen LogP) is 3.68. The number of aromatic nitrogens is 2. The maximum Gasteiger partial charge on any atom is 0.177 e. The van der Waals surface area contributed by atoms with Crippen LogP contribution in [0.25, 0.3) is 0 Å². The number of imidazole rings is 1. The van der Waals surface area contributed by atoms with Crippen molar-refractivity contribution in [1.82, 2.24) is 9.55 Å². The number of nitrogens with zero attached hydrogens (tertiary/aromatic N) is 1. The van der Waals surface area contributed by atoms with Crippen LogP contribution in [0.5, 0.6) is 0 Å². The molecule has 0 aromatic carbocycles. The molecule has 17 heavy (non-hydrogen) atoms. The molecule has 1 N–H and O–H groups in total. The number of furan rings is 1. The van der Waals surface area contributed by atoms with E-state index in [9.17, 15) is 0 Å². The summed E-state index contributed by atoms with van der Waals surface area (Å²) in [7, 11) is 0. The second-order valence-electron chi connectivity index (χ2n) is 5.21. The van der Waals surface area contributed by atoms with Gasteiger partial charge >= 0.3 is 0 Å². The van der Waals surface area contributed by atoms with E-state index < -0.39 is 0 Å². The molecule has 0 unspecified atom stereocenters. The quantitative estimate of drug-likeness (QED) is 0.843. The van der Waals surface area contributed by atoms with Crippen LogP contribution < -0.4 is 0 Å². The van der Waals surface area contributed by atoms with Crippen molar-refractivity contribution in [3.8, 4) is 0 Å². The zero-order chi connectivity index (χ0) is 12.5. The fourth-order valence-corrected chi connectivity index (χ4v) is 2.16. The van der Waals surface area contributed by atoms with Crippen LogP contribution in [0.15, 0.2) is 29.0 Å². The fourth-order valence-electron chi connectivity index (χ4n) is 1.92. The molecule has 0 saturated carbocycles. The van der Waals surface area contributed by atoms with Crippen molar-refractivity contribution in [2.45, 2.75) is 39.2 Å². The molecular weight excluding hydrogens is 232 g/mol. The summed E-state index contributed by atoms with van der Waals surface area (Å²) in [5.41, 5.74) is 1.32. The molecule has 0 amide bonds. The van der Waals surface area contributed by atoms with Crippen molar-refractivity contribution in [3.63, 3.8) is 0 Å². The molecule has 2 heterocycles. The Hall–Kier alpha value is -1.29. The van der Waals surface area contributed by atoms with Crippen molar-refractivity contribution in [2.75, 3.05) is 0 Å². The number of H-pyrrole nitrogens is 1. The Morgan fingerprint density at radius 2 is 2.18 bits per heavy atom. The van der Waals surface area contributed by atoms with E-state index in [2.05, 4.69) is 30.3 Å². The lowest BCUT2D eigenvalue weighted by Gasteiger charge is -2.20. The standard InChI is InChI=1S/C13H18N2OS/c1-13(2,3)11-9-14-12(17)15(11)7-6-10-5-4-8-16-10/h4-5,8-9H,6-7H2,1-3H3,(H,14,17). The SMILES string of the molecule is CC(C)(C)c1c[nH]c(=S)n1CCc1ccco1. The van der Waals surface area contributed by atoms with Crippen molar-refractivity contribution >= 4 is 12.2 Å². The van der Waals surface area contributed by atoms with Gasteiger partial charge in [0.25, 0.3) is 0 Å². The van der Waals surface area contributed by atoms with Gasteiger partial charge in [0.2, 0.25) is 0 Å². The molecule has 0 fully saturated rings. The van der Waals surface area contributed by atoms with Crippen LogP contribution in [0.1, 0.15) is 32.2 Å². The number of aromatic amines is 1. The molecule has 0 radical (unpaired) electrons. The molecule has 2 aromatic heterocycles. The van der Waals surface area contributed by atoms with Crippen LogP contribution >= 0.6 is 12.2 Å². The van der Waals surface area contributed by atoms with E-state index in [-0.39, 0.29) is 5.41 Å². The van der Waals surface area contributed by atoms with Crippen LogP contribution in [-0.2, 0) is 18.4 Å². The smallest absolute Gasteiger partial charge is 0.177 e. The summed E-state index contributed by atoms with van der Waals surface area (Å²) >= 11 is 5.31. The third kappa shape index (κ3) is 2.69. The number of aryl methyl sites for hydroxylation is 1. The van der Waals surface area contributed by atoms with E-state index in [4.69, 9.17) is 16.6 Å². The van der Waals surface area contributed by atoms with Gasteiger partial charge < -0.3 is 14.0 Å². The minimum Gasteiger partial charge on any atom is -0.469 e. The van der Waals surface area contributed by atoms with Crippen molar-refractivity contribution in [1.29, 1.82) is 0 Å². The normalized spacial score (nSPS) is 11.9. The van der Waals surface area contributed by atoms with Crippen molar-refractivity contribution in [2.24, 2.45) is 0 Å². The highest BCUT2D eigenvalue weighted by Gasteiger charge is 2.19. The number of hydrogen-bond acceptors (Lipinski definition) is 2. The zero-order valence-electron chi connectivity index (χ0n) is 10.5. The minimum atomic E-state index is 0.0940. The largest absolute Gasteiger partial charge is 0.469 e. The van der Waals surface area contributed by atoms with Crippen LogP contribution in [0.3, 0.4) is 0 Å². The molecule has 0 spiro atoms. The summed E-state index contributed by atoms with van der Waals surface area (Å²) in [4.78, 5) is 3.12. The van der Waals surface area contributed by atoms with Gasteiger partial charge in [-0.2, -0.15) is 0 Å². The third-order valence-corrected chi connectivity index (χ3v) is 3.14. The van der Waals surface area contributed by atoms with Crippen LogP contribution in [-0.4, -0.2) is 9.55 Å². The van der Waals surface area contributed by atoms with Gasteiger partial charge in [0.05, 0.1) is 6.26 Å². The molecule has 0 saturated heterocycles. The average molecular weight is 250 g/mol. The first-order valence-corrected chi connectivity index (χ1v) is 6.20. The molecule has 4 heteroatoms. The Morgan fingerprint density at radius 1 is 1.41 bits per heavy atom. The van der Waals surface area contributed by atoms with E-state index in [1.54, 1.807) is 6.26 Å². The predicted molar refractivity (Wildman–Crippen MR) is 70.7 cm³/mol. The Bertz CT molecular complexity index is 529. The minimum absolute atomic E-state index is 0.0940. The summed E-state index contributed by atoms with van der Waals surface area (Å²) in [5.74, 6) is 0.993. The molecule has 2 aromatic rings. The fraction of sp³-hybridized carbons (Fsp3) is 0.462. The summed E-state index contributed by atoms with van der Waals surface area (Å²) in [6.45, 7) is 7.42. The lowest BCUT2D eigenvalue weighted by molar-refractivity contribution is 0.469. The summed E-state index contributed by atoms with van der Waals surface area (Å²) < 4.78 is 8.27. The van der Waals surface area contributed by atoms with E-state index in [1.807, 2.05) is 18.3 Å². The van der Waals surface area contributed by atoms with E-state index >= 15 is 0 Å². The molecule has 0 aliphatic heterocycles. The molecule has 0 aliphatic carbocycles. The Morgan fingerprint density at radius 3 is 2.76 bits per heavy atom. The Labute approximate surface area is 106 Å². The molecular formula is C13H18N2OS. The first-order valence-electron chi connectivity index (χ1n) is 5.79. The summed E-state index contributed by atoms with van der Waals surface area (Å²) in [5, 5.41) is 0. The van der Waals surface area contributed by atoms with Gasteiger partial charge in [-0.05, 0) is 24.4 Å². The zero-order valence-corrected chi connectivity index (χ0v) is 11.3. The topological polar surface area (TPSA) is 33.9 Å². The average Bonchev–Trinajstić information content (AvgIpc) is 2.83. The maximum atomic E-state index is 5.34. The number of nitrogens with one attached hydrogen (secondary N) is 1. The monoisotopic (exact) mass is 250 g/mol. The molecule has 92 valence electrons. The van der Waals surface area contributed by atoms with Crippen LogP contribution in [0.2, 0.25) is 0 Å². The van der Waals surface area contributed by atoms with Gasteiger partial charge in [-0.3, -0.25) is 0 Å². The van der Waals surface area contributed by atoms with Crippen molar-refractivity contribution < 1.29 is 4.42 Å². The molecule has 0 aliphatic rings. The molecule has 3 nitrogen and oxygen atoms in total. The van der Waals surface area contributed by atoms with Crippen molar-refractivity contribution in [3.05, 3.63) is 40.8 Å². The third-order valence-electron chi connectivity index (χ3n) is 2.80. The molecule has 0 atom stereocenters. The van der Waals surface area contributed by atoms with Gasteiger partial charge in [0.1, 0.15) is 5.76 Å².